The smallest absolute Gasteiger partial charge is 0.420 e. The molecule has 0 bridgehead atoms. The van der Waals surface area contributed by atoms with Gasteiger partial charge < -0.3 is 75.8 Å². The van der Waals surface area contributed by atoms with E-state index in [4.69, 9.17) is 75.8 Å². The predicted octanol–water partition coefficient (Wildman–Crippen LogP) is 18.2. The number of epoxide rings is 3. The second kappa shape index (κ2) is 37.3. The molecule has 7 fully saturated rings. The Morgan fingerprint density at radius 2 is 0.754 bits per heavy atom. The van der Waals surface area contributed by atoms with E-state index in [-0.39, 0.29) is 57.6 Å². The lowest BCUT2D eigenvalue weighted by Crippen LogP contribution is -2.26. The predicted molar refractivity (Wildman–Crippen MR) is 458 cm³/mol. The van der Waals surface area contributed by atoms with Crippen LogP contribution in [0.15, 0.2) is 292 Å². The number of benzene rings is 12. The van der Waals surface area contributed by atoms with Gasteiger partial charge in [0.2, 0.25) is 6.79 Å². The van der Waals surface area contributed by atoms with Crippen LogP contribution in [0.4, 0.5) is 41.9 Å². The number of carbonyl (C=O) groups excluding carboxylic acids is 5. The highest BCUT2D eigenvalue weighted by atomic mass is 16.7. The van der Waals surface area contributed by atoms with Crippen LogP contribution in [0.1, 0.15) is 33.9 Å². The van der Waals surface area contributed by atoms with Gasteiger partial charge in [0.15, 0.2) is 24.1 Å². The quantitative estimate of drug-likeness (QED) is 0.0125. The van der Waals surface area contributed by atoms with Gasteiger partial charge in [-0.25, -0.2) is 19.2 Å². The van der Waals surface area contributed by atoms with E-state index in [1.54, 1.807) is 19.6 Å². The molecule has 4 amide bonds. The zero-order valence-corrected chi connectivity index (χ0v) is 66.5. The Bertz CT molecular complexity index is 5710. The maximum atomic E-state index is 12.9. The highest BCUT2D eigenvalue weighted by Crippen LogP contribution is 2.38. The van der Waals surface area contributed by atoms with Crippen LogP contribution in [0.3, 0.4) is 0 Å². The van der Waals surface area contributed by atoms with E-state index in [9.17, 15) is 19.2 Å². The number of cyclic esters (lactones) is 4. The van der Waals surface area contributed by atoms with E-state index in [1.165, 1.54) is 12.5 Å². The topological polar surface area (TPSA) is 247 Å². The van der Waals surface area contributed by atoms with Gasteiger partial charge in [0.25, 0.3) is 0 Å². The summed E-state index contributed by atoms with van der Waals surface area (Å²) in [6, 6.07) is 86.7. The number of rotatable bonds is 32. The van der Waals surface area contributed by atoms with Gasteiger partial charge in [-0.15, -0.1) is 0 Å². The van der Waals surface area contributed by atoms with E-state index in [0.29, 0.717) is 68.7 Å². The molecule has 24 heteroatoms. The fourth-order valence-corrected chi connectivity index (χ4v) is 14.6. The first-order valence-electron chi connectivity index (χ1n) is 40.2. The first-order chi connectivity index (χ1) is 59.9. The summed E-state index contributed by atoms with van der Waals surface area (Å²) in [7, 11) is 0. The number of carbonyl (C=O) groups is 5. The van der Waals surface area contributed by atoms with E-state index in [1.807, 2.05) is 249 Å². The Morgan fingerprint density at radius 3 is 1.20 bits per heavy atom. The minimum absolute atomic E-state index is 0.108. The number of hydrogen-bond acceptors (Lipinski definition) is 20. The molecule has 0 saturated carbocycles. The molecule has 122 heavy (non-hydrogen) atoms. The van der Waals surface area contributed by atoms with Crippen molar-refractivity contribution < 1.29 is 95.0 Å². The molecule has 6 unspecified atom stereocenters. The summed E-state index contributed by atoms with van der Waals surface area (Å²) >= 11 is 0. The summed E-state index contributed by atoms with van der Waals surface area (Å²) in [6.45, 7) is 11.1. The molecule has 19 rings (SSSR count). The largest absolute Gasteiger partial charge is 0.491 e. The average Bonchev–Trinajstić information content (AvgIpc) is 1.52. The van der Waals surface area contributed by atoms with Gasteiger partial charge in [-0.05, 0) is 207 Å². The number of fused-ring (bicyclic) bond motifs is 2. The van der Waals surface area contributed by atoms with Gasteiger partial charge in [-0.2, -0.15) is 0 Å². The van der Waals surface area contributed by atoms with E-state index in [0.717, 1.165) is 137 Å². The van der Waals surface area contributed by atoms with E-state index < -0.39 is 36.6 Å². The number of ether oxygens (including phenoxy) is 15. The van der Waals surface area contributed by atoms with Crippen LogP contribution >= 0.6 is 0 Å². The minimum atomic E-state index is -0.467. The third-order valence-corrected chi connectivity index (χ3v) is 21.4. The monoisotopic (exact) mass is 1640 g/mol. The molecule has 7 saturated heterocycles. The van der Waals surface area contributed by atoms with Crippen molar-refractivity contribution in [3.63, 3.8) is 0 Å². The first kappa shape index (κ1) is 80.1. The molecule has 7 aliphatic heterocycles. The summed E-state index contributed by atoms with van der Waals surface area (Å²) in [5.41, 5.74) is 12.6. The van der Waals surface area contributed by atoms with E-state index >= 15 is 0 Å². The number of nitrogens with zero attached hydrogens (tertiary/aromatic N) is 4. The van der Waals surface area contributed by atoms with E-state index in [2.05, 4.69) is 30.8 Å². The molecule has 0 aromatic heterocycles. The highest BCUT2D eigenvalue weighted by molar-refractivity contribution is 5.94. The van der Waals surface area contributed by atoms with Crippen molar-refractivity contribution in [3.05, 3.63) is 320 Å². The molecular formula is C98H86N4O20. The molecule has 0 aliphatic carbocycles. The molecular weight excluding hydrogens is 1550 g/mol. The molecule has 0 spiro atoms. The Morgan fingerprint density at radius 1 is 0.361 bits per heavy atom. The zero-order chi connectivity index (χ0) is 83.3. The van der Waals surface area contributed by atoms with Gasteiger partial charge in [0.1, 0.15) is 105 Å². The number of hydrogen-bond donors (Lipinski definition) is 0. The molecule has 0 radical (unpaired) electrons. The Labute approximate surface area is 703 Å². The van der Waals surface area contributed by atoms with Crippen LogP contribution < -0.4 is 52.8 Å². The van der Waals surface area contributed by atoms with Crippen molar-refractivity contribution in [1.29, 1.82) is 0 Å². The van der Waals surface area contributed by atoms with Crippen LogP contribution in [0.2, 0.25) is 0 Å². The lowest BCUT2D eigenvalue weighted by atomic mass is 10.0. The normalized spacial score (nSPS) is 18.8. The zero-order valence-electron chi connectivity index (χ0n) is 66.5. The molecule has 12 aromatic carbocycles. The molecule has 0 N–H and O–H groups in total. The van der Waals surface area contributed by atoms with Gasteiger partial charge in [0, 0.05) is 33.5 Å². The molecule has 24 nitrogen and oxygen atoms in total. The molecule has 618 valence electrons. The SMILES string of the molecule is C=COCOc1ccc(-c2ccc(OCC3CN(c4ccc(Cc5ccc(N6C/C(=C/Oc7ccc(-c8ccc(OCC9CO9)cc8)cc7)OC6=O)cc5)cc4)C(=O)O3)cc2)cc1.C=O.O=C1OC(COc2cccc3cc(OCC4CO4)ccc23)CN1c1ccc(Cc2ccc(N3CC(COc4cccc5ccc(C6CO6)cc45)OC3=O)cc2)cc1. The fourth-order valence-electron chi connectivity index (χ4n) is 14.6. The van der Waals surface area contributed by atoms with Crippen molar-refractivity contribution in [2.24, 2.45) is 0 Å². The Hall–Kier alpha value is -14.3. The van der Waals surface area contributed by atoms with Gasteiger partial charge in [-0.1, -0.05) is 140 Å². The highest BCUT2D eigenvalue weighted by Gasteiger charge is 2.37. The summed E-state index contributed by atoms with van der Waals surface area (Å²) < 4.78 is 84.7. The standard InChI is InChI=1S/C51H44N2O10.C46H40N2O9.CH2O/c1-2-56-34-61-46-25-13-40(14-26-46)39-9-21-44(22-10-39)58-31-48-29-53(51(55)63-48)42-17-5-36(6-18-42)27-35-3-15-41(16-4-35)52-28-47(62-50(52)54)30-57-43-19-7-37(8-20-43)38-11-23-45(24-12-38)59-32-49-33-60-49;49-45-47(22-37(56-45)24-53-42-5-2-4-32-20-36(17-18-40(32)42)51-26-39-27-52-39)34-13-7-29(8-14-34)19-30-9-15-35(16-10-30)48-23-38(57-46(48)50)25-54-43-6-1-3-31-11-12-33(21-41(31)43)44-28-55-44;1-2/h2-26,30,48-49H,1,27-29,31-34H2;1-18,20-21,37-39,44H,19,22-28H2;1H2/b47-30-;;. The fraction of sp³-hybridized carbons (Fsp3) is 0.214. The third kappa shape index (κ3) is 20.2. The summed E-state index contributed by atoms with van der Waals surface area (Å²) in [5, 5.41) is 4.07. The van der Waals surface area contributed by atoms with Crippen LogP contribution in [0.25, 0.3) is 43.8 Å². The summed E-state index contributed by atoms with van der Waals surface area (Å²) in [5.74, 6) is 5.51. The number of amides is 4. The second-order valence-electron chi connectivity index (χ2n) is 29.9. The maximum Gasteiger partial charge on any atom is 0.420 e. The van der Waals surface area contributed by atoms with Crippen molar-refractivity contribution in [2.75, 3.05) is 105 Å². The van der Waals surface area contributed by atoms with Gasteiger partial charge >= 0.3 is 24.4 Å². The summed E-state index contributed by atoms with van der Waals surface area (Å²) in [4.78, 5) is 65.8. The molecule has 7 heterocycles. The second-order valence-corrected chi connectivity index (χ2v) is 29.9. The van der Waals surface area contributed by atoms with Gasteiger partial charge in [-0.3, -0.25) is 19.6 Å². The molecule has 6 atom stereocenters. The van der Waals surface area contributed by atoms with Crippen molar-refractivity contribution >= 4 is 75.5 Å². The Kier molecular flexibility index (Phi) is 24.5. The van der Waals surface area contributed by atoms with Crippen molar-refractivity contribution in [2.45, 2.75) is 49.5 Å². The molecule has 12 aromatic rings. The third-order valence-electron chi connectivity index (χ3n) is 21.4. The van der Waals surface area contributed by atoms with Crippen LogP contribution in [0, 0.1) is 0 Å². The summed E-state index contributed by atoms with van der Waals surface area (Å²) in [6.07, 6.45) is 1.85. The first-order valence-corrected chi connectivity index (χ1v) is 40.2. The number of anilines is 4. The minimum Gasteiger partial charge on any atom is -0.491 e. The lowest BCUT2D eigenvalue weighted by molar-refractivity contribution is -0.0980. The van der Waals surface area contributed by atoms with Gasteiger partial charge in [0.05, 0.1) is 52.3 Å². The Balaban J connectivity index is 0.000000171. The van der Waals surface area contributed by atoms with Crippen LogP contribution in [-0.4, -0.2) is 148 Å². The lowest BCUT2D eigenvalue weighted by Gasteiger charge is -2.15. The molecule has 7 aliphatic rings. The van der Waals surface area contributed by atoms with Crippen molar-refractivity contribution in [3.8, 4) is 62.5 Å². The van der Waals surface area contributed by atoms with Crippen molar-refractivity contribution in [1.82, 2.24) is 0 Å². The van der Waals surface area contributed by atoms with Crippen LogP contribution in [0.5, 0.6) is 40.2 Å². The maximum absolute atomic E-state index is 12.9. The average molecular weight is 1640 g/mol. The van der Waals surface area contributed by atoms with Crippen LogP contribution in [-0.2, 0) is 55.5 Å².